The highest BCUT2D eigenvalue weighted by molar-refractivity contribution is 7.80. The second-order valence-corrected chi connectivity index (χ2v) is 6.44. The Morgan fingerprint density at radius 3 is 2.83 bits per heavy atom. The van der Waals surface area contributed by atoms with Gasteiger partial charge in [0, 0.05) is 37.4 Å². The summed E-state index contributed by atoms with van der Waals surface area (Å²) in [5, 5.41) is 7.31. The van der Waals surface area contributed by atoms with E-state index >= 15 is 0 Å². The monoisotopic (exact) mass is 341 g/mol. The fourth-order valence-corrected chi connectivity index (χ4v) is 3.27. The smallest absolute Gasteiger partial charge is 0.171 e. The fourth-order valence-electron chi connectivity index (χ4n) is 2.99. The fraction of sp³-hybridized carbons (Fsp3) is 0.316. The van der Waals surface area contributed by atoms with Crippen LogP contribution in [0.4, 0.5) is 5.69 Å². The number of nitrogens with one attached hydrogen (secondary N) is 2. The molecule has 0 saturated carbocycles. The third-order valence-corrected chi connectivity index (χ3v) is 4.40. The number of methoxy groups -OCH3 is 1. The summed E-state index contributed by atoms with van der Waals surface area (Å²) in [6, 6.07) is 18.8. The highest BCUT2D eigenvalue weighted by atomic mass is 32.1. The molecule has 0 bridgehead atoms. The summed E-state index contributed by atoms with van der Waals surface area (Å²) in [5.74, 6) is 0.817. The van der Waals surface area contributed by atoms with Crippen LogP contribution in [0.1, 0.15) is 12.0 Å². The highest BCUT2D eigenvalue weighted by Crippen LogP contribution is 2.17. The quantitative estimate of drug-likeness (QED) is 0.817. The molecule has 2 aromatic carbocycles. The predicted molar refractivity (Wildman–Crippen MR) is 102 cm³/mol. The van der Waals surface area contributed by atoms with Gasteiger partial charge in [0.05, 0.1) is 7.11 Å². The molecule has 3 rings (SSSR count). The number of anilines is 1. The van der Waals surface area contributed by atoms with E-state index in [0.29, 0.717) is 11.2 Å². The van der Waals surface area contributed by atoms with Crippen molar-refractivity contribution in [3.05, 3.63) is 60.2 Å². The second-order valence-electron chi connectivity index (χ2n) is 6.04. The van der Waals surface area contributed by atoms with Gasteiger partial charge in [0.25, 0.3) is 0 Å². The zero-order valence-electron chi connectivity index (χ0n) is 13.9. The van der Waals surface area contributed by atoms with Gasteiger partial charge in [-0.05, 0) is 36.3 Å². The summed E-state index contributed by atoms with van der Waals surface area (Å²) in [6.07, 6.45) is 1.10. The average Bonchev–Trinajstić information content (AvgIpc) is 3.02. The van der Waals surface area contributed by atoms with E-state index in [-0.39, 0.29) is 0 Å². The van der Waals surface area contributed by atoms with Crippen LogP contribution in [0.2, 0.25) is 0 Å². The van der Waals surface area contributed by atoms with Crippen molar-refractivity contribution in [1.82, 2.24) is 10.2 Å². The molecule has 5 heteroatoms. The van der Waals surface area contributed by atoms with E-state index in [9.17, 15) is 0 Å². The Bertz CT molecular complexity index is 677. The molecule has 126 valence electrons. The molecular weight excluding hydrogens is 318 g/mol. The molecule has 1 heterocycles. The molecule has 0 aromatic heterocycles. The van der Waals surface area contributed by atoms with E-state index in [1.807, 2.05) is 24.3 Å². The summed E-state index contributed by atoms with van der Waals surface area (Å²) in [6.45, 7) is 3.10. The van der Waals surface area contributed by atoms with Crippen LogP contribution in [-0.2, 0) is 6.54 Å². The largest absolute Gasteiger partial charge is 0.497 e. The molecule has 1 atom stereocenters. The van der Waals surface area contributed by atoms with Crippen LogP contribution in [-0.4, -0.2) is 36.3 Å². The maximum Gasteiger partial charge on any atom is 0.171 e. The van der Waals surface area contributed by atoms with Crippen molar-refractivity contribution in [2.75, 3.05) is 25.5 Å². The van der Waals surface area contributed by atoms with E-state index in [2.05, 4.69) is 45.9 Å². The Morgan fingerprint density at radius 2 is 2.04 bits per heavy atom. The van der Waals surface area contributed by atoms with E-state index in [1.54, 1.807) is 7.11 Å². The van der Waals surface area contributed by atoms with E-state index < -0.39 is 0 Å². The van der Waals surface area contributed by atoms with Gasteiger partial charge in [-0.25, -0.2) is 0 Å². The Labute approximate surface area is 148 Å². The number of likely N-dealkylation sites (tertiary alicyclic amines) is 1. The lowest BCUT2D eigenvalue weighted by Gasteiger charge is -2.18. The van der Waals surface area contributed by atoms with Gasteiger partial charge < -0.3 is 15.4 Å². The number of ether oxygens (including phenoxy) is 1. The van der Waals surface area contributed by atoms with Crippen LogP contribution in [0.25, 0.3) is 0 Å². The molecule has 0 amide bonds. The minimum absolute atomic E-state index is 0.388. The van der Waals surface area contributed by atoms with E-state index in [1.165, 1.54) is 5.56 Å². The molecule has 0 radical (unpaired) electrons. The lowest BCUT2D eigenvalue weighted by molar-refractivity contribution is 0.324. The number of thiocarbonyl (C=S) groups is 1. The standard InChI is InChI=1S/C19H23N3OS/c1-23-18-9-5-8-16(12-18)20-19(24)21-17-10-11-22(14-17)13-15-6-3-2-4-7-15/h2-9,12,17H,10-11,13-14H2,1H3,(H2,20,21,24)/t17-/m0/s1. The van der Waals surface area contributed by atoms with Crippen molar-refractivity contribution in [1.29, 1.82) is 0 Å². The average molecular weight is 341 g/mol. The van der Waals surface area contributed by atoms with Crippen LogP contribution in [0.5, 0.6) is 5.75 Å². The minimum Gasteiger partial charge on any atom is -0.497 e. The van der Waals surface area contributed by atoms with Crippen LogP contribution in [0, 0.1) is 0 Å². The molecule has 1 saturated heterocycles. The molecule has 1 aliphatic heterocycles. The first kappa shape index (κ1) is 16.7. The lowest BCUT2D eigenvalue weighted by Crippen LogP contribution is -2.39. The Balaban J connectivity index is 1.47. The number of hydrogen-bond acceptors (Lipinski definition) is 3. The van der Waals surface area contributed by atoms with Crippen molar-refractivity contribution in [2.24, 2.45) is 0 Å². The molecule has 2 N–H and O–H groups in total. The molecule has 0 aliphatic carbocycles. The molecule has 2 aromatic rings. The van der Waals surface area contributed by atoms with Crippen LogP contribution >= 0.6 is 12.2 Å². The van der Waals surface area contributed by atoms with Gasteiger partial charge in [-0.2, -0.15) is 0 Å². The summed E-state index contributed by atoms with van der Waals surface area (Å²) < 4.78 is 5.23. The lowest BCUT2D eigenvalue weighted by atomic mass is 10.2. The van der Waals surface area contributed by atoms with Gasteiger partial charge in [-0.1, -0.05) is 36.4 Å². The molecular formula is C19H23N3OS. The van der Waals surface area contributed by atoms with Crippen molar-refractivity contribution < 1.29 is 4.74 Å². The molecule has 24 heavy (non-hydrogen) atoms. The molecule has 1 aliphatic rings. The molecule has 1 fully saturated rings. The zero-order valence-corrected chi connectivity index (χ0v) is 14.7. The van der Waals surface area contributed by atoms with Crippen molar-refractivity contribution in [3.63, 3.8) is 0 Å². The van der Waals surface area contributed by atoms with Crippen molar-refractivity contribution in [3.8, 4) is 5.75 Å². The van der Waals surface area contributed by atoms with Gasteiger partial charge in [-0.15, -0.1) is 0 Å². The second kappa shape index (κ2) is 8.13. The van der Waals surface area contributed by atoms with Crippen LogP contribution in [0.15, 0.2) is 54.6 Å². The Hall–Kier alpha value is -2.11. The van der Waals surface area contributed by atoms with Gasteiger partial charge in [0.1, 0.15) is 5.75 Å². The first-order valence-electron chi connectivity index (χ1n) is 8.21. The molecule has 0 unspecified atom stereocenters. The Morgan fingerprint density at radius 1 is 1.21 bits per heavy atom. The summed E-state index contributed by atoms with van der Waals surface area (Å²) in [7, 11) is 1.66. The summed E-state index contributed by atoms with van der Waals surface area (Å²) >= 11 is 5.44. The van der Waals surface area contributed by atoms with Gasteiger partial charge in [-0.3, -0.25) is 4.90 Å². The number of hydrogen-bond donors (Lipinski definition) is 2. The third-order valence-electron chi connectivity index (χ3n) is 4.18. The van der Waals surface area contributed by atoms with Crippen molar-refractivity contribution >= 4 is 23.0 Å². The number of rotatable bonds is 5. The first-order chi connectivity index (χ1) is 11.7. The molecule has 4 nitrogen and oxygen atoms in total. The third kappa shape index (κ3) is 4.69. The van der Waals surface area contributed by atoms with Crippen LogP contribution in [0.3, 0.4) is 0 Å². The highest BCUT2D eigenvalue weighted by Gasteiger charge is 2.22. The first-order valence-corrected chi connectivity index (χ1v) is 8.61. The summed E-state index contributed by atoms with van der Waals surface area (Å²) in [5.41, 5.74) is 2.29. The van der Waals surface area contributed by atoms with Gasteiger partial charge in [0.2, 0.25) is 0 Å². The number of benzene rings is 2. The normalized spacial score (nSPS) is 17.5. The van der Waals surface area contributed by atoms with Gasteiger partial charge >= 0.3 is 0 Å². The Kier molecular flexibility index (Phi) is 5.67. The summed E-state index contributed by atoms with van der Waals surface area (Å²) in [4.78, 5) is 2.46. The van der Waals surface area contributed by atoms with Gasteiger partial charge in [0.15, 0.2) is 5.11 Å². The SMILES string of the molecule is COc1cccc(NC(=S)N[C@H]2CCN(Cc3ccccc3)C2)c1. The zero-order chi connectivity index (χ0) is 16.8. The van der Waals surface area contributed by atoms with E-state index in [4.69, 9.17) is 17.0 Å². The number of nitrogens with zero attached hydrogens (tertiary/aromatic N) is 1. The maximum atomic E-state index is 5.44. The topological polar surface area (TPSA) is 36.5 Å². The molecule has 0 spiro atoms. The van der Waals surface area contributed by atoms with E-state index in [0.717, 1.165) is 37.5 Å². The predicted octanol–water partition coefficient (Wildman–Crippen LogP) is 3.26. The van der Waals surface area contributed by atoms with Crippen LogP contribution < -0.4 is 15.4 Å². The van der Waals surface area contributed by atoms with Crippen molar-refractivity contribution in [2.45, 2.75) is 19.0 Å². The maximum absolute atomic E-state index is 5.44. The minimum atomic E-state index is 0.388.